The molecule has 4 nitrogen and oxygen atoms in total. The van der Waals surface area contributed by atoms with E-state index in [0.29, 0.717) is 25.9 Å². The number of rotatable bonds is 9. The van der Waals surface area contributed by atoms with Gasteiger partial charge in [-0.1, -0.05) is 45.0 Å². The number of hydrogen-bond donors (Lipinski definition) is 1. The van der Waals surface area contributed by atoms with Crippen molar-refractivity contribution >= 4 is 17.5 Å². The van der Waals surface area contributed by atoms with Gasteiger partial charge in [-0.3, -0.25) is 9.59 Å². The molecule has 2 rings (SSSR count). The molecule has 1 N–H and O–H groups in total. The van der Waals surface area contributed by atoms with Crippen molar-refractivity contribution in [1.29, 1.82) is 0 Å². The van der Waals surface area contributed by atoms with Crippen LogP contribution in [0.25, 0.3) is 0 Å². The maximum absolute atomic E-state index is 13.6. The quantitative estimate of drug-likeness (QED) is 0.693. The minimum atomic E-state index is -0.317. The Bertz CT molecular complexity index is 787. The Morgan fingerprint density at radius 1 is 1.07 bits per heavy atom. The molecule has 0 aliphatic carbocycles. The number of benzene rings is 2. The molecule has 28 heavy (non-hydrogen) atoms. The molecule has 0 heterocycles. The fourth-order valence-corrected chi connectivity index (χ4v) is 2.91. The van der Waals surface area contributed by atoms with Crippen LogP contribution >= 0.6 is 0 Å². The number of amides is 2. The molecule has 0 fully saturated rings. The Morgan fingerprint density at radius 2 is 1.79 bits per heavy atom. The van der Waals surface area contributed by atoms with Crippen LogP contribution in [-0.4, -0.2) is 18.4 Å². The monoisotopic (exact) mass is 384 g/mol. The van der Waals surface area contributed by atoms with E-state index in [1.807, 2.05) is 51.1 Å². The summed E-state index contributed by atoms with van der Waals surface area (Å²) < 4.78 is 13.6. The van der Waals surface area contributed by atoms with E-state index in [0.717, 1.165) is 23.2 Å². The average molecular weight is 384 g/mol. The third kappa shape index (κ3) is 6.80. The van der Waals surface area contributed by atoms with Crippen LogP contribution in [0.2, 0.25) is 0 Å². The highest BCUT2D eigenvalue weighted by Gasteiger charge is 2.18. The maximum atomic E-state index is 13.6. The Balaban J connectivity index is 2.17. The zero-order chi connectivity index (χ0) is 20.5. The summed E-state index contributed by atoms with van der Waals surface area (Å²) in [5.74, 6) is -0.110. The first kappa shape index (κ1) is 21.6. The minimum Gasteiger partial charge on any atom is -0.356 e. The van der Waals surface area contributed by atoms with Crippen LogP contribution in [0.15, 0.2) is 48.5 Å². The summed E-state index contributed by atoms with van der Waals surface area (Å²) in [5.41, 5.74) is 2.37. The predicted molar refractivity (Wildman–Crippen MR) is 110 cm³/mol. The van der Waals surface area contributed by atoms with E-state index < -0.39 is 0 Å². The SMILES string of the molecule is CCCNC(=O)Cc1ccc(N(Cc2cccc(F)c2)C(=O)CC(C)C)cc1. The molecule has 0 aliphatic rings. The number of nitrogens with zero attached hydrogens (tertiary/aromatic N) is 1. The van der Waals surface area contributed by atoms with E-state index >= 15 is 0 Å². The smallest absolute Gasteiger partial charge is 0.227 e. The second-order valence-corrected chi connectivity index (χ2v) is 7.40. The van der Waals surface area contributed by atoms with Crippen molar-refractivity contribution in [2.75, 3.05) is 11.4 Å². The standard InChI is InChI=1S/C23H29FN2O2/c1-4-12-25-22(27)15-18-8-10-21(11-9-18)26(23(28)13-17(2)3)16-19-6-5-7-20(24)14-19/h5-11,14,17H,4,12-13,15-16H2,1-3H3,(H,25,27). The number of nitrogens with one attached hydrogen (secondary N) is 1. The van der Waals surface area contributed by atoms with Gasteiger partial charge in [0.1, 0.15) is 5.82 Å². The highest BCUT2D eigenvalue weighted by molar-refractivity contribution is 5.93. The zero-order valence-electron chi connectivity index (χ0n) is 16.9. The first-order chi connectivity index (χ1) is 13.4. The average Bonchev–Trinajstić information content (AvgIpc) is 2.64. The van der Waals surface area contributed by atoms with E-state index in [1.54, 1.807) is 11.0 Å². The molecule has 0 bridgehead atoms. The number of hydrogen-bond acceptors (Lipinski definition) is 2. The van der Waals surface area contributed by atoms with Gasteiger partial charge in [0.05, 0.1) is 13.0 Å². The molecule has 0 unspecified atom stereocenters. The van der Waals surface area contributed by atoms with Gasteiger partial charge in [-0.25, -0.2) is 4.39 Å². The first-order valence-corrected chi connectivity index (χ1v) is 9.79. The van der Waals surface area contributed by atoms with Crippen molar-refractivity contribution in [3.8, 4) is 0 Å². The Kier molecular flexibility index (Phi) is 8.18. The second-order valence-electron chi connectivity index (χ2n) is 7.40. The molecule has 0 radical (unpaired) electrons. The molecular weight excluding hydrogens is 355 g/mol. The van der Waals surface area contributed by atoms with Crippen molar-refractivity contribution in [3.05, 3.63) is 65.5 Å². The van der Waals surface area contributed by atoms with Gasteiger partial charge in [-0.15, -0.1) is 0 Å². The topological polar surface area (TPSA) is 49.4 Å². The lowest BCUT2D eigenvalue weighted by atomic mass is 10.1. The van der Waals surface area contributed by atoms with Crippen molar-refractivity contribution < 1.29 is 14.0 Å². The summed E-state index contributed by atoms with van der Waals surface area (Å²) in [7, 11) is 0. The maximum Gasteiger partial charge on any atom is 0.227 e. The van der Waals surface area contributed by atoms with Crippen LogP contribution in [0, 0.1) is 11.7 Å². The van der Waals surface area contributed by atoms with Gasteiger partial charge in [0, 0.05) is 18.7 Å². The minimum absolute atomic E-state index is 0.00676. The number of anilines is 1. The van der Waals surface area contributed by atoms with Gasteiger partial charge in [0.25, 0.3) is 0 Å². The number of halogens is 1. The molecule has 2 aromatic rings. The summed E-state index contributed by atoms with van der Waals surface area (Å²) >= 11 is 0. The highest BCUT2D eigenvalue weighted by atomic mass is 19.1. The molecule has 2 aromatic carbocycles. The van der Waals surface area contributed by atoms with E-state index in [2.05, 4.69) is 5.32 Å². The molecule has 0 aromatic heterocycles. The molecule has 2 amide bonds. The molecule has 0 atom stereocenters. The van der Waals surface area contributed by atoms with Gasteiger partial charge in [0.2, 0.25) is 11.8 Å². The number of carbonyl (C=O) groups is 2. The fourth-order valence-electron chi connectivity index (χ4n) is 2.91. The zero-order valence-corrected chi connectivity index (χ0v) is 16.9. The molecule has 5 heteroatoms. The Morgan fingerprint density at radius 3 is 2.39 bits per heavy atom. The summed E-state index contributed by atoms with van der Waals surface area (Å²) in [4.78, 5) is 26.4. The van der Waals surface area contributed by atoms with Crippen molar-refractivity contribution in [2.24, 2.45) is 5.92 Å². The van der Waals surface area contributed by atoms with Gasteiger partial charge in [-0.2, -0.15) is 0 Å². The molecule has 0 saturated carbocycles. The highest BCUT2D eigenvalue weighted by Crippen LogP contribution is 2.21. The molecule has 0 spiro atoms. The lowest BCUT2D eigenvalue weighted by molar-refractivity contribution is -0.120. The van der Waals surface area contributed by atoms with E-state index in [9.17, 15) is 14.0 Å². The van der Waals surface area contributed by atoms with Crippen molar-refractivity contribution in [3.63, 3.8) is 0 Å². The molecule has 150 valence electrons. The van der Waals surface area contributed by atoms with Crippen LogP contribution in [0.4, 0.5) is 10.1 Å². The molecule has 0 aliphatic heterocycles. The van der Waals surface area contributed by atoms with Crippen LogP contribution in [0.3, 0.4) is 0 Å². The van der Waals surface area contributed by atoms with E-state index in [4.69, 9.17) is 0 Å². The van der Waals surface area contributed by atoms with Crippen LogP contribution in [-0.2, 0) is 22.6 Å². The summed E-state index contributed by atoms with van der Waals surface area (Å²) in [6.45, 7) is 6.98. The lowest BCUT2D eigenvalue weighted by Gasteiger charge is -2.24. The number of carbonyl (C=O) groups excluding carboxylic acids is 2. The Labute approximate surface area is 166 Å². The lowest BCUT2D eigenvalue weighted by Crippen LogP contribution is -2.31. The Hall–Kier alpha value is -2.69. The molecule has 0 saturated heterocycles. The van der Waals surface area contributed by atoms with Crippen molar-refractivity contribution in [2.45, 2.75) is 46.6 Å². The first-order valence-electron chi connectivity index (χ1n) is 9.79. The van der Waals surface area contributed by atoms with E-state index in [-0.39, 0.29) is 23.5 Å². The summed E-state index contributed by atoms with van der Waals surface area (Å²) in [6, 6.07) is 13.7. The normalized spacial score (nSPS) is 10.8. The van der Waals surface area contributed by atoms with Gasteiger partial charge < -0.3 is 10.2 Å². The summed E-state index contributed by atoms with van der Waals surface area (Å²) in [6.07, 6.45) is 1.62. The molecular formula is C23H29FN2O2. The van der Waals surface area contributed by atoms with Crippen LogP contribution in [0.5, 0.6) is 0 Å². The predicted octanol–water partition coefficient (Wildman–Crippen LogP) is 4.47. The fraction of sp³-hybridized carbons (Fsp3) is 0.391. The van der Waals surface area contributed by atoms with Gasteiger partial charge in [0.15, 0.2) is 0 Å². The van der Waals surface area contributed by atoms with Gasteiger partial charge >= 0.3 is 0 Å². The third-order valence-corrected chi connectivity index (χ3v) is 4.30. The van der Waals surface area contributed by atoms with Crippen molar-refractivity contribution in [1.82, 2.24) is 5.32 Å². The second kappa shape index (κ2) is 10.6. The third-order valence-electron chi connectivity index (χ3n) is 4.30. The van der Waals surface area contributed by atoms with Crippen LogP contribution in [0.1, 0.15) is 44.7 Å². The van der Waals surface area contributed by atoms with E-state index in [1.165, 1.54) is 12.1 Å². The largest absolute Gasteiger partial charge is 0.356 e. The summed E-state index contributed by atoms with van der Waals surface area (Å²) in [5, 5.41) is 2.86. The van der Waals surface area contributed by atoms with Crippen LogP contribution < -0.4 is 10.2 Å². The van der Waals surface area contributed by atoms with Gasteiger partial charge in [-0.05, 0) is 47.7 Å².